The number of fused-ring (bicyclic) bond motifs is 3. The molecule has 0 heterocycles. The van der Waals surface area contributed by atoms with Crippen LogP contribution in [0.5, 0.6) is 0 Å². The van der Waals surface area contributed by atoms with Crippen LogP contribution in [0.3, 0.4) is 0 Å². The van der Waals surface area contributed by atoms with Crippen LogP contribution >= 0.6 is 0 Å². The predicted octanol–water partition coefficient (Wildman–Crippen LogP) is 15.3. The molecule has 62 heavy (non-hydrogen) atoms. The van der Waals surface area contributed by atoms with Gasteiger partial charge in [-0.3, -0.25) is 0 Å². The van der Waals surface area contributed by atoms with Crippen molar-refractivity contribution >= 4 is 6.48 Å². The van der Waals surface area contributed by atoms with Gasteiger partial charge in [0.1, 0.15) is 0 Å². The summed E-state index contributed by atoms with van der Waals surface area (Å²) in [5.41, 5.74) is 18.0. The minimum atomic E-state index is -2.83. The monoisotopic (exact) mass is 890 g/mol. The molecule has 6 aromatic rings. The van der Waals surface area contributed by atoms with Gasteiger partial charge in [0.05, 0.1) is 0 Å². The van der Waals surface area contributed by atoms with Gasteiger partial charge in [-0.05, 0) is 0 Å². The van der Waals surface area contributed by atoms with Crippen molar-refractivity contribution in [2.45, 2.75) is 129 Å². The standard InChI is InChI=1S/C41H49.C15H14.C5H5.Zr/c1-9-17-38(40(5,6)32-19-13-11-14-20-32)34-26-36-30(23-28(34)3)25-31-24-29(4)35(27-37(31)36)39(18-10-2)41(7,8)33-21-15-12-16-22-33;1-3-8-14(9-4-1)12-7-13-15-10-5-2-6-11-15;1-2-4-5-3-1;/h11-16,19-23,26-27,38-39H,9-10,17-18,25H2,1-8H3;1-6,8-11H,12-13H2;1-3H,4H2;. The van der Waals surface area contributed by atoms with Crippen LogP contribution in [0.4, 0.5) is 0 Å². The number of hydrogen-bond donors (Lipinski definition) is 0. The summed E-state index contributed by atoms with van der Waals surface area (Å²) in [5.74, 6) is 0.792. The molecule has 0 amide bonds. The van der Waals surface area contributed by atoms with E-state index in [1.807, 2.05) is 0 Å². The van der Waals surface area contributed by atoms with Gasteiger partial charge in [-0.15, -0.1) is 0 Å². The molecule has 0 N–H and O–H groups in total. The molecule has 2 aliphatic carbocycles. The topological polar surface area (TPSA) is 0 Å². The fourth-order valence-electron chi connectivity index (χ4n) is 11.4. The molecule has 2 atom stereocenters. The summed E-state index contributed by atoms with van der Waals surface area (Å²) >= 11 is -2.83. The van der Waals surface area contributed by atoms with Gasteiger partial charge in [-0.25, -0.2) is 0 Å². The fraction of sp³-hybridized carbons (Fsp3) is 0.328. The minimum absolute atomic E-state index is 0.00516. The summed E-state index contributed by atoms with van der Waals surface area (Å²) in [4.78, 5) is 0. The molecule has 0 spiro atoms. The summed E-state index contributed by atoms with van der Waals surface area (Å²) in [7, 11) is 0. The Bertz CT molecular complexity index is 2540. The Morgan fingerprint density at radius 1 is 0.597 bits per heavy atom. The third-order valence-electron chi connectivity index (χ3n) is 14.8. The van der Waals surface area contributed by atoms with E-state index in [-0.39, 0.29) is 10.8 Å². The second-order valence-corrected chi connectivity index (χ2v) is 25.9. The van der Waals surface area contributed by atoms with Gasteiger partial charge in [-0.1, -0.05) is 0 Å². The molecule has 0 aromatic heterocycles. The second-order valence-electron chi connectivity index (χ2n) is 19.5. The van der Waals surface area contributed by atoms with Gasteiger partial charge in [0.15, 0.2) is 0 Å². The van der Waals surface area contributed by atoms with Crippen LogP contribution in [0.2, 0.25) is 0 Å². The number of rotatable bonds is 16. The second kappa shape index (κ2) is 19.1. The molecule has 0 saturated heterocycles. The summed E-state index contributed by atoms with van der Waals surface area (Å²) in [6.07, 6.45) is 16.2. The first-order valence-electron chi connectivity index (χ1n) is 23.6. The molecule has 2 aliphatic rings. The molecule has 2 unspecified atom stereocenters. The van der Waals surface area contributed by atoms with Crippen molar-refractivity contribution in [2.75, 3.05) is 0 Å². The Balaban J connectivity index is 1.43. The van der Waals surface area contributed by atoms with Gasteiger partial charge >= 0.3 is 385 Å². The fourth-order valence-corrected chi connectivity index (χ4v) is 20.0. The Morgan fingerprint density at radius 3 is 1.56 bits per heavy atom. The van der Waals surface area contributed by atoms with Gasteiger partial charge < -0.3 is 0 Å². The maximum atomic E-state index is 2.73. The molecule has 1 heteroatoms. The molecule has 0 nitrogen and oxygen atoms in total. The maximum absolute atomic E-state index is 2.83. The zero-order chi connectivity index (χ0) is 43.4. The first-order valence-corrected chi connectivity index (χ1v) is 27.3. The van der Waals surface area contributed by atoms with Crippen LogP contribution in [0.15, 0.2) is 161 Å². The molecule has 0 bridgehead atoms. The van der Waals surface area contributed by atoms with E-state index in [1.54, 1.807) is 26.4 Å². The number of hydrogen-bond acceptors (Lipinski definition) is 0. The third kappa shape index (κ3) is 8.87. The van der Waals surface area contributed by atoms with E-state index in [0.29, 0.717) is 11.8 Å². The van der Waals surface area contributed by atoms with Crippen LogP contribution in [0.1, 0.15) is 141 Å². The van der Waals surface area contributed by atoms with E-state index < -0.39 is 21.3 Å². The first-order chi connectivity index (χ1) is 30.0. The van der Waals surface area contributed by atoms with Crippen LogP contribution in [-0.2, 0) is 51.4 Å². The third-order valence-corrected chi connectivity index (χ3v) is 22.8. The zero-order valence-electron chi connectivity index (χ0n) is 38.8. The van der Waals surface area contributed by atoms with Crippen molar-refractivity contribution < 1.29 is 21.3 Å². The van der Waals surface area contributed by atoms with Crippen molar-refractivity contribution in [3.8, 4) is 11.1 Å². The Morgan fingerprint density at radius 2 is 1.08 bits per heavy atom. The SMILES string of the molecule is CCCC(c1cc2c(cc1C)Cc1c-2cc(C(CCC)C(C)(C)c2ccccc2)c(C)[c]1[Zr]([C]1=CC=CC1)=[C](Cc1ccccc1)Cc1ccccc1)C(C)(C)c1ccccc1. The Hall–Kier alpha value is -4.45. The number of benzene rings is 6. The molecule has 0 fully saturated rings. The van der Waals surface area contributed by atoms with Gasteiger partial charge in [0.25, 0.3) is 0 Å². The average Bonchev–Trinajstić information content (AvgIpc) is 3.95. The van der Waals surface area contributed by atoms with Crippen LogP contribution in [-0.4, -0.2) is 3.21 Å². The van der Waals surface area contributed by atoms with Gasteiger partial charge in [-0.2, -0.15) is 0 Å². The first kappa shape index (κ1) is 44.2. The quantitative estimate of drug-likeness (QED) is 0.0907. The molecule has 8 rings (SSSR count). The molecular weight excluding hydrogens is 824 g/mol. The van der Waals surface area contributed by atoms with E-state index in [4.69, 9.17) is 0 Å². The zero-order valence-corrected chi connectivity index (χ0v) is 41.3. The van der Waals surface area contributed by atoms with Crippen molar-refractivity contribution in [3.63, 3.8) is 0 Å². The van der Waals surface area contributed by atoms with Gasteiger partial charge in [0.2, 0.25) is 0 Å². The number of allylic oxidation sites excluding steroid dienone is 4. The van der Waals surface area contributed by atoms with E-state index in [2.05, 4.69) is 213 Å². The summed E-state index contributed by atoms with van der Waals surface area (Å²) < 4.78 is 5.29. The number of aryl methyl sites for hydroxylation is 1. The summed E-state index contributed by atoms with van der Waals surface area (Å²) in [5, 5.41) is 0. The van der Waals surface area contributed by atoms with Crippen molar-refractivity contribution in [2.24, 2.45) is 0 Å². The molecule has 0 aliphatic heterocycles. The van der Waals surface area contributed by atoms with E-state index in [1.165, 1.54) is 56.5 Å². The van der Waals surface area contributed by atoms with Crippen molar-refractivity contribution in [3.05, 3.63) is 217 Å². The van der Waals surface area contributed by atoms with E-state index >= 15 is 0 Å². The molecule has 0 radical (unpaired) electrons. The van der Waals surface area contributed by atoms with Crippen LogP contribution in [0.25, 0.3) is 11.1 Å². The summed E-state index contributed by atoms with van der Waals surface area (Å²) in [6.45, 7) is 19.8. The van der Waals surface area contributed by atoms with E-state index in [9.17, 15) is 0 Å². The average molecular weight is 892 g/mol. The Kier molecular flexibility index (Phi) is 13.6. The van der Waals surface area contributed by atoms with Crippen LogP contribution < -0.4 is 3.27 Å². The molecule has 0 saturated carbocycles. The Labute approximate surface area is 382 Å². The molecular formula is C61H68Zr. The normalized spacial score (nSPS) is 14.3. The van der Waals surface area contributed by atoms with E-state index in [0.717, 1.165) is 44.9 Å². The molecule has 6 aromatic carbocycles. The summed E-state index contributed by atoms with van der Waals surface area (Å²) in [6, 6.07) is 53.5. The predicted molar refractivity (Wildman–Crippen MR) is 265 cm³/mol. The van der Waals surface area contributed by atoms with Crippen molar-refractivity contribution in [1.29, 1.82) is 0 Å². The van der Waals surface area contributed by atoms with Gasteiger partial charge in [0, 0.05) is 0 Å². The molecule has 316 valence electrons. The van der Waals surface area contributed by atoms with Crippen molar-refractivity contribution in [1.82, 2.24) is 0 Å². The van der Waals surface area contributed by atoms with Crippen LogP contribution in [0, 0.1) is 13.8 Å².